The second-order valence-electron chi connectivity index (χ2n) is 19.5. The van der Waals surface area contributed by atoms with Crippen LogP contribution in [0.15, 0.2) is 194 Å². The van der Waals surface area contributed by atoms with E-state index in [1.807, 2.05) is 0 Å². The lowest BCUT2D eigenvalue weighted by atomic mass is 9.48. The summed E-state index contributed by atoms with van der Waals surface area (Å²) >= 11 is 0. The highest BCUT2D eigenvalue weighted by atomic mass is 15.1. The molecule has 8 aromatic carbocycles. The zero-order chi connectivity index (χ0) is 41.4. The van der Waals surface area contributed by atoms with Gasteiger partial charge in [0, 0.05) is 27.9 Å². The Labute approximate surface area is 367 Å². The molecule has 4 fully saturated rings. The third-order valence-corrected chi connectivity index (χ3v) is 15.5. The predicted molar refractivity (Wildman–Crippen MR) is 260 cm³/mol. The molecule has 13 rings (SSSR count). The van der Waals surface area contributed by atoms with E-state index in [0.29, 0.717) is 5.41 Å². The van der Waals surface area contributed by atoms with E-state index in [-0.39, 0.29) is 5.41 Å². The minimum atomic E-state index is -0.137. The third kappa shape index (κ3) is 6.11. The molecule has 0 atom stereocenters. The smallest absolute Gasteiger partial charge is 0.0618 e. The van der Waals surface area contributed by atoms with Gasteiger partial charge in [0.25, 0.3) is 0 Å². The Morgan fingerprint density at radius 3 is 1.50 bits per heavy atom. The Morgan fingerprint density at radius 2 is 0.855 bits per heavy atom. The van der Waals surface area contributed by atoms with Crippen molar-refractivity contribution in [3.63, 3.8) is 0 Å². The third-order valence-electron chi connectivity index (χ3n) is 15.5. The van der Waals surface area contributed by atoms with Crippen molar-refractivity contribution >= 4 is 17.1 Å². The lowest BCUT2D eigenvalue weighted by Crippen LogP contribution is -2.48. The molecule has 4 saturated carbocycles. The molecule has 0 heterocycles. The van der Waals surface area contributed by atoms with Crippen LogP contribution in [0.3, 0.4) is 0 Å². The molecule has 4 bridgehead atoms. The van der Waals surface area contributed by atoms with Crippen LogP contribution in [-0.2, 0) is 10.8 Å². The summed E-state index contributed by atoms with van der Waals surface area (Å²) in [4.78, 5) is 2.54. The van der Waals surface area contributed by atoms with Gasteiger partial charge in [-0.1, -0.05) is 184 Å². The van der Waals surface area contributed by atoms with E-state index in [1.54, 1.807) is 5.56 Å². The molecule has 5 aliphatic carbocycles. The number of hydrogen-bond donors (Lipinski definition) is 0. The van der Waals surface area contributed by atoms with E-state index >= 15 is 0 Å². The molecular formula is C61H53N. The predicted octanol–water partition coefficient (Wildman–Crippen LogP) is 16.6. The van der Waals surface area contributed by atoms with E-state index in [9.17, 15) is 0 Å². The van der Waals surface area contributed by atoms with Crippen molar-refractivity contribution in [3.8, 4) is 55.6 Å². The van der Waals surface area contributed by atoms with Gasteiger partial charge in [-0.2, -0.15) is 0 Å². The molecular weight excluding hydrogens is 747 g/mol. The molecule has 0 unspecified atom stereocenters. The number of anilines is 3. The molecule has 0 saturated heterocycles. The summed E-state index contributed by atoms with van der Waals surface area (Å²) in [6.07, 6.45) is 8.64. The number of para-hydroxylation sites is 1. The van der Waals surface area contributed by atoms with Crippen LogP contribution < -0.4 is 4.90 Å². The minimum Gasteiger partial charge on any atom is -0.309 e. The summed E-state index contributed by atoms with van der Waals surface area (Å²) in [6, 6.07) is 72.9. The van der Waals surface area contributed by atoms with E-state index in [2.05, 4.69) is 213 Å². The second kappa shape index (κ2) is 14.6. The molecule has 0 aromatic heterocycles. The molecule has 0 spiro atoms. The van der Waals surface area contributed by atoms with Gasteiger partial charge in [0.15, 0.2) is 0 Å². The van der Waals surface area contributed by atoms with E-state index in [1.165, 1.54) is 111 Å². The maximum absolute atomic E-state index is 2.54. The Kier molecular flexibility index (Phi) is 8.79. The van der Waals surface area contributed by atoms with Crippen LogP contribution in [0.4, 0.5) is 17.1 Å². The lowest BCUT2D eigenvalue weighted by Gasteiger charge is -2.57. The first-order chi connectivity index (χ1) is 30.4. The highest BCUT2D eigenvalue weighted by Crippen LogP contribution is 2.61. The Balaban J connectivity index is 1.02. The Morgan fingerprint density at radius 1 is 0.371 bits per heavy atom. The molecule has 62 heavy (non-hydrogen) atoms. The first kappa shape index (κ1) is 37.3. The first-order valence-corrected chi connectivity index (χ1v) is 23.0. The van der Waals surface area contributed by atoms with E-state index < -0.39 is 0 Å². The topological polar surface area (TPSA) is 3.24 Å². The van der Waals surface area contributed by atoms with Crippen LogP contribution in [0.25, 0.3) is 55.6 Å². The average molecular weight is 800 g/mol. The van der Waals surface area contributed by atoms with Gasteiger partial charge in [-0.15, -0.1) is 0 Å². The van der Waals surface area contributed by atoms with Crippen molar-refractivity contribution in [1.82, 2.24) is 0 Å². The summed E-state index contributed by atoms with van der Waals surface area (Å²) in [5.74, 6) is 2.84. The van der Waals surface area contributed by atoms with Crippen molar-refractivity contribution in [2.24, 2.45) is 17.8 Å². The number of nitrogens with zero attached hydrogens (tertiary/aromatic N) is 1. The number of rotatable bonds is 8. The van der Waals surface area contributed by atoms with Crippen LogP contribution in [0.2, 0.25) is 0 Å². The SMILES string of the molecule is CC1(C)c2ccccc2-c2ccc(N(c3ccc(-c4ccc(C56CC7CC(CC(C7)C5)C6)cc4)cc3)c3c(-c4ccccc4)cccc3-c3ccccc3-c3ccccc3)cc21. The number of benzene rings is 8. The van der Waals surface area contributed by atoms with Gasteiger partial charge in [-0.25, -0.2) is 0 Å². The van der Waals surface area contributed by atoms with Crippen LogP contribution in [0.1, 0.15) is 69.1 Å². The fraction of sp³-hybridized carbons (Fsp3) is 0.213. The van der Waals surface area contributed by atoms with Crippen LogP contribution in [0.5, 0.6) is 0 Å². The van der Waals surface area contributed by atoms with Crippen LogP contribution >= 0.6 is 0 Å². The van der Waals surface area contributed by atoms with Gasteiger partial charge in [0.2, 0.25) is 0 Å². The molecule has 302 valence electrons. The van der Waals surface area contributed by atoms with Gasteiger partial charge < -0.3 is 4.90 Å². The highest BCUT2D eigenvalue weighted by molar-refractivity contribution is 6.01. The van der Waals surface area contributed by atoms with Crippen molar-refractivity contribution in [3.05, 3.63) is 211 Å². The summed E-state index contributed by atoms with van der Waals surface area (Å²) in [6.45, 7) is 4.77. The molecule has 0 amide bonds. The largest absolute Gasteiger partial charge is 0.309 e. The van der Waals surface area contributed by atoms with E-state index in [0.717, 1.165) is 29.1 Å². The average Bonchev–Trinajstić information content (AvgIpc) is 3.55. The van der Waals surface area contributed by atoms with Gasteiger partial charge in [-0.3, -0.25) is 0 Å². The maximum atomic E-state index is 2.54. The molecule has 0 N–H and O–H groups in total. The maximum Gasteiger partial charge on any atom is 0.0618 e. The molecule has 5 aliphatic rings. The normalized spacial score (nSPS) is 21.4. The van der Waals surface area contributed by atoms with Gasteiger partial charge >= 0.3 is 0 Å². The highest BCUT2D eigenvalue weighted by Gasteiger charge is 2.51. The molecule has 8 aromatic rings. The molecule has 0 radical (unpaired) electrons. The molecule has 0 aliphatic heterocycles. The zero-order valence-electron chi connectivity index (χ0n) is 35.9. The second-order valence-corrected chi connectivity index (χ2v) is 19.5. The fourth-order valence-electron chi connectivity index (χ4n) is 13.0. The van der Waals surface area contributed by atoms with E-state index in [4.69, 9.17) is 0 Å². The van der Waals surface area contributed by atoms with Gasteiger partial charge in [0.1, 0.15) is 0 Å². The lowest BCUT2D eigenvalue weighted by molar-refractivity contribution is -0.00518. The Bertz CT molecular complexity index is 2900. The fourth-order valence-corrected chi connectivity index (χ4v) is 13.0. The summed E-state index contributed by atoms with van der Waals surface area (Å²) in [7, 11) is 0. The first-order valence-electron chi connectivity index (χ1n) is 23.0. The van der Waals surface area contributed by atoms with Gasteiger partial charge in [0.05, 0.1) is 5.69 Å². The van der Waals surface area contributed by atoms with Crippen molar-refractivity contribution in [1.29, 1.82) is 0 Å². The van der Waals surface area contributed by atoms with Crippen LogP contribution in [-0.4, -0.2) is 0 Å². The minimum absolute atomic E-state index is 0.137. The summed E-state index contributed by atoms with van der Waals surface area (Å²) in [5.41, 5.74) is 20.5. The summed E-state index contributed by atoms with van der Waals surface area (Å²) < 4.78 is 0. The molecule has 1 nitrogen and oxygen atoms in total. The van der Waals surface area contributed by atoms with Crippen molar-refractivity contribution in [2.45, 2.75) is 63.2 Å². The Hall–Kier alpha value is -6.44. The van der Waals surface area contributed by atoms with Gasteiger partial charge in [-0.05, 0) is 147 Å². The van der Waals surface area contributed by atoms with Crippen LogP contribution in [0, 0.1) is 17.8 Å². The van der Waals surface area contributed by atoms with Crippen molar-refractivity contribution in [2.75, 3.05) is 4.90 Å². The molecule has 1 heteroatoms. The number of fused-ring (bicyclic) bond motifs is 3. The zero-order valence-corrected chi connectivity index (χ0v) is 35.9. The monoisotopic (exact) mass is 799 g/mol. The van der Waals surface area contributed by atoms with Crippen molar-refractivity contribution < 1.29 is 0 Å². The standard InChI is InChI=1S/C61H53N/c1-60(2)57-23-12-11-20-54(57)55-33-32-50(37-58(55)60)62(49-30-26-45(27-31-49)44-24-28-48(29-25-44)61-38-41-34-42(39-61)36-43(35-41)40-61)59-52(47-16-7-4-8-17-47)21-13-22-56(59)53-19-10-9-18-51(53)46-14-5-3-6-15-46/h3-33,37,41-43H,34-36,38-40H2,1-2H3. The number of hydrogen-bond acceptors (Lipinski definition) is 1. The quantitative estimate of drug-likeness (QED) is 0.148. The summed E-state index contributed by atoms with van der Waals surface area (Å²) in [5, 5.41) is 0.